The first-order valence-electron chi connectivity index (χ1n) is 7.36. The van der Waals surface area contributed by atoms with Crippen LogP contribution >= 0.6 is 0 Å². The summed E-state index contributed by atoms with van der Waals surface area (Å²) in [5.74, 6) is 0.218. The maximum Gasteiger partial charge on any atom is 0.255 e. The van der Waals surface area contributed by atoms with Crippen LogP contribution in [0.1, 0.15) is 10.4 Å². The Morgan fingerprint density at radius 3 is 2.24 bits per heavy atom. The summed E-state index contributed by atoms with van der Waals surface area (Å²) in [6, 6.07) is 11.2. The Bertz CT molecular complexity index is 878. The number of anilines is 1. The largest absolute Gasteiger partial charge is 0.495 e. The predicted molar refractivity (Wildman–Crippen MR) is 94.8 cm³/mol. The summed E-state index contributed by atoms with van der Waals surface area (Å²) in [6.07, 6.45) is 0. The van der Waals surface area contributed by atoms with Crippen LogP contribution < -0.4 is 14.8 Å². The van der Waals surface area contributed by atoms with Gasteiger partial charge >= 0.3 is 0 Å². The van der Waals surface area contributed by atoms with Crippen LogP contribution in [-0.4, -0.2) is 46.9 Å². The molecule has 0 spiro atoms. The molecule has 2 aromatic carbocycles. The van der Waals surface area contributed by atoms with Crippen molar-refractivity contribution in [3.8, 4) is 11.5 Å². The van der Waals surface area contributed by atoms with Crippen LogP contribution in [0, 0.1) is 0 Å². The molecule has 134 valence electrons. The third-order valence-corrected chi connectivity index (χ3v) is 5.38. The van der Waals surface area contributed by atoms with Gasteiger partial charge in [-0.2, -0.15) is 0 Å². The van der Waals surface area contributed by atoms with E-state index in [0.29, 0.717) is 11.4 Å². The summed E-state index contributed by atoms with van der Waals surface area (Å²) in [7, 11) is 1.94. The molecule has 0 radical (unpaired) electrons. The summed E-state index contributed by atoms with van der Waals surface area (Å²) in [6.45, 7) is 0. The van der Waals surface area contributed by atoms with Gasteiger partial charge in [0.1, 0.15) is 16.4 Å². The normalized spacial score (nSPS) is 11.2. The molecule has 0 aromatic heterocycles. The summed E-state index contributed by atoms with van der Waals surface area (Å²) >= 11 is 0. The lowest BCUT2D eigenvalue weighted by Gasteiger charge is -2.16. The standard InChI is InChI=1S/C17H20N2O5S/c1-19(2)25(21,22)16-11-12(9-10-15(16)24-4)17(20)18-13-7-5-6-8-14(13)23-3/h5-11H,1-4H3,(H,18,20). The van der Waals surface area contributed by atoms with Crippen LogP contribution in [-0.2, 0) is 10.0 Å². The fraction of sp³-hybridized carbons (Fsp3) is 0.235. The number of ether oxygens (including phenoxy) is 2. The van der Waals surface area contributed by atoms with E-state index in [2.05, 4.69) is 5.32 Å². The first-order valence-corrected chi connectivity index (χ1v) is 8.80. The lowest BCUT2D eigenvalue weighted by atomic mass is 10.2. The highest BCUT2D eigenvalue weighted by Crippen LogP contribution is 2.28. The molecule has 0 atom stereocenters. The van der Waals surface area contributed by atoms with Gasteiger partial charge in [-0.1, -0.05) is 12.1 Å². The molecule has 2 rings (SSSR count). The number of nitrogens with zero attached hydrogens (tertiary/aromatic N) is 1. The Morgan fingerprint density at radius 1 is 1.00 bits per heavy atom. The van der Waals surface area contributed by atoms with Gasteiger partial charge in [-0.15, -0.1) is 0 Å². The Balaban J connectivity index is 2.41. The number of hydrogen-bond acceptors (Lipinski definition) is 5. The number of hydrogen-bond donors (Lipinski definition) is 1. The minimum Gasteiger partial charge on any atom is -0.495 e. The molecule has 1 amide bonds. The average molecular weight is 364 g/mol. The monoisotopic (exact) mass is 364 g/mol. The van der Waals surface area contributed by atoms with Crippen LogP contribution in [0.3, 0.4) is 0 Å². The number of para-hydroxylation sites is 2. The molecule has 7 nitrogen and oxygen atoms in total. The zero-order chi connectivity index (χ0) is 18.6. The Kier molecular flexibility index (Phi) is 5.66. The first kappa shape index (κ1) is 18.8. The fourth-order valence-electron chi connectivity index (χ4n) is 2.16. The van der Waals surface area contributed by atoms with E-state index in [1.54, 1.807) is 24.3 Å². The predicted octanol–water partition coefficient (Wildman–Crippen LogP) is 2.21. The van der Waals surface area contributed by atoms with Crippen LogP contribution in [0.2, 0.25) is 0 Å². The van der Waals surface area contributed by atoms with E-state index in [1.807, 2.05) is 0 Å². The Morgan fingerprint density at radius 2 is 1.64 bits per heavy atom. The van der Waals surface area contributed by atoms with E-state index >= 15 is 0 Å². The molecule has 0 aliphatic heterocycles. The lowest BCUT2D eigenvalue weighted by molar-refractivity contribution is 0.102. The maximum absolute atomic E-state index is 12.5. The summed E-state index contributed by atoms with van der Waals surface area (Å²) in [4.78, 5) is 12.4. The molecular weight excluding hydrogens is 344 g/mol. The number of carbonyl (C=O) groups excluding carboxylic acids is 1. The zero-order valence-electron chi connectivity index (χ0n) is 14.4. The van der Waals surface area contributed by atoms with Gasteiger partial charge in [-0.05, 0) is 30.3 Å². The number of methoxy groups -OCH3 is 2. The molecule has 2 aromatic rings. The second-order valence-corrected chi connectivity index (χ2v) is 7.43. The third kappa shape index (κ3) is 3.92. The van der Waals surface area contributed by atoms with Gasteiger partial charge in [0.05, 0.1) is 19.9 Å². The van der Waals surface area contributed by atoms with Gasteiger partial charge in [0.25, 0.3) is 5.91 Å². The second-order valence-electron chi connectivity index (χ2n) is 5.31. The number of amides is 1. The van der Waals surface area contributed by atoms with E-state index in [0.717, 1.165) is 4.31 Å². The molecule has 0 aliphatic carbocycles. The van der Waals surface area contributed by atoms with Crippen molar-refractivity contribution in [2.75, 3.05) is 33.6 Å². The maximum atomic E-state index is 12.5. The summed E-state index contributed by atoms with van der Waals surface area (Å²) in [5.41, 5.74) is 0.676. The van der Waals surface area contributed by atoms with Crippen molar-refractivity contribution in [2.45, 2.75) is 4.90 Å². The molecule has 1 N–H and O–H groups in total. The number of rotatable bonds is 6. The molecular formula is C17H20N2O5S. The highest BCUT2D eigenvalue weighted by molar-refractivity contribution is 7.89. The van der Waals surface area contributed by atoms with E-state index in [1.165, 1.54) is 46.5 Å². The van der Waals surface area contributed by atoms with Gasteiger partial charge in [-0.25, -0.2) is 12.7 Å². The molecule has 0 aliphatic rings. The number of nitrogens with one attached hydrogen (secondary N) is 1. The van der Waals surface area contributed by atoms with Crippen molar-refractivity contribution in [1.29, 1.82) is 0 Å². The number of carbonyl (C=O) groups is 1. The van der Waals surface area contributed by atoms with Crippen molar-refractivity contribution in [3.05, 3.63) is 48.0 Å². The number of benzene rings is 2. The van der Waals surface area contributed by atoms with Crippen molar-refractivity contribution in [3.63, 3.8) is 0 Å². The van der Waals surface area contributed by atoms with Gasteiger partial charge in [0.2, 0.25) is 10.0 Å². The van der Waals surface area contributed by atoms with Gasteiger partial charge in [0, 0.05) is 19.7 Å². The minimum absolute atomic E-state index is 0.0762. The van der Waals surface area contributed by atoms with Crippen molar-refractivity contribution in [1.82, 2.24) is 4.31 Å². The minimum atomic E-state index is -3.76. The second kappa shape index (κ2) is 7.54. The SMILES string of the molecule is COc1ccccc1NC(=O)c1ccc(OC)c(S(=O)(=O)N(C)C)c1. The highest BCUT2D eigenvalue weighted by atomic mass is 32.2. The zero-order valence-corrected chi connectivity index (χ0v) is 15.3. The van der Waals surface area contributed by atoms with Gasteiger partial charge in [0.15, 0.2) is 0 Å². The lowest BCUT2D eigenvalue weighted by Crippen LogP contribution is -2.23. The molecule has 0 unspecified atom stereocenters. The summed E-state index contributed by atoms with van der Waals surface area (Å²) in [5, 5.41) is 2.71. The van der Waals surface area contributed by atoms with Crippen molar-refractivity contribution < 1.29 is 22.7 Å². The van der Waals surface area contributed by atoms with Gasteiger partial charge in [-0.3, -0.25) is 4.79 Å². The van der Waals surface area contributed by atoms with Crippen LogP contribution in [0.5, 0.6) is 11.5 Å². The van der Waals surface area contributed by atoms with E-state index in [4.69, 9.17) is 9.47 Å². The summed E-state index contributed by atoms with van der Waals surface area (Å²) < 4.78 is 36.2. The number of sulfonamides is 1. The molecule has 0 heterocycles. The van der Waals surface area contributed by atoms with E-state index < -0.39 is 15.9 Å². The van der Waals surface area contributed by atoms with Gasteiger partial charge < -0.3 is 14.8 Å². The molecule has 25 heavy (non-hydrogen) atoms. The van der Waals surface area contributed by atoms with Crippen molar-refractivity contribution >= 4 is 21.6 Å². The third-order valence-electron chi connectivity index (χ3n) is 3.54. The van der Waals surface area contributed by atoms with Crippen molar-refractivity contribution in [2.24, 2.45) is 0 Å². The highest BCUT2D eigenvalue weighted by Gasteiger charge is 2.24. The molecule has 0 saturated heterocycles. The molecule has 0 fully saturated rings. The first-order chi connectivity index (χ1) is 11.8. The van der Waals surface area contributed by atoms with Crippen LogP contribution in [0.4, 0.5) is 5.69 Å². The van der Waals surface area contributed by atoms with E-state index in [9.17, 15) is 13.2 Å². The topological polar surface area (TPSA) is 84.9 Å². The molecule has 8 heteroatoms. The molecule has 0 bridgehead atoms. The average Bonchev–Trinajstić information content (AvgIpc) is 2.61. The van der Waals surface area contributed by atoms with E-state index in [-0.39, 0.29) is 16.2 Å². The quantitative estimate of drug-likeness (QED) is 0.849. The molecule has 0 saturated carbocycles. The van der Waals surface area contributed by atoms with Crippen LogP contribution in [0.25, 0.3) is 0 Å². The Labute approximate surface area is 147 Å². The smallest absolute Gasteiger partial charge is 0.255 e. The fourth-order valence-corrected chi connectivity index (χ4v) is 3.23. The van der Waals surface area contributed by atoms with Crippen LogP contribution in [0.15, 0.2) is 47.4 Å². The Hall–Kier alpha value is -2.58.